The molecule has 2 N–H and O–H groups in total. The molecule has 3 rings (SSSR count). The van der Waals surface area contributed by atoms with Gasteiger partial charge in [-0.25, -0.2) is 8.42 Å². The molecule has 2 heterocycles. The summed E-state index contributed by atoms with van der Waals surface area (Å²) in [5.41, 5.74) is 0.385. The monoisotopic (exact) mass is 422 g/mol. The quantitative estimate of drug-likeness (QED) is 0.471. The van der Waals surface area contributed by atoms with E-state index >= 15 is 0 Å². The van der Waals surface area contributed by atoms with E-state index < -0.39 is 10.0 Å². The van der Waals surface area contributed by atoms with E-state index in [4.69, 9.17) is 0 Å². The fraction of sp³-hybridized carbons (Fsp3) is 0.619. The van der Waals surface area contributed by atoms with Crippen molar-refractivity contribution >= 4 is 21.7 Å². The predicted octanol–water partition coefficient (Wildman–Crippen LogP) is 0.475. The van der Waals surface area contributed by atoms with Crippen LogP contribution in [0.3, 0.4) is 0 Å². The SMILES string of the molecule is CC(=O)c1cccc(S(=O)(=O)N2CCC(C(=O)NCCC[NH+]3CCCC3)CC2)c1. The molecular formula is C21H32N3O4S+. The summed E-state index contributed by atoms with van der Waals surface area (Å²) in [6, 6.07) is 6.15. The lowest BCUT2D eigenvalue weighted by Crippen LogP contribution is -3.10. The molecule has 1 aromatic rings. The van der Waals surface area contributed by atoms with Gasteiger partial charge < -0.3 is 10.2 Å². The number of ketones is 1. The van der Waals surface area contributed by atoms with Crippen LogP contribution in [-0.4, -0.2) is 63.7 Å². The molecule has 2 aliphatic heterocycles. The van der Waals surface area contributed by atoms with Gasteiger partial charge in [-0.2, -0.15) is 4.31 Å². The number of sulfonamides is 1. The van der Waals surface area contributed by atoms with Crippen LogP contribution in [0.5, 0.6) is 0 Å². The Hall–Kier alpha value is -1.77. The van der Waals surface area contributed by atoms with Gasteiger partial charge in [-0.05, 0) is 31.9 Å². The second-order valence-corrected chi connectivity index (χ2v) is 10.1. The Bertz CT molecular complexity index is 826. The molecule has 0 unspecified atom stereocenters. The van der Waals surface area contributed by atoms with E-state index in [9.17, 15) is 18.0 Å². The third-order valence-corrected chi connectivity index (χ3v) is 7.91. The average Bonchev–Trinajstić information content (AvgIpc) is 3.25. The number of piperidine rings is 1. The van der Waals surface area contributed by atoms with Crippen LogP contribution in [0, 0.1) is 5.92 Å². The number of nitrogens with one attached hydrogen (secondary N) is 2. The van der Waals surface area contributed by atoms with Gasteiger partial charge in [0, 0.05) is 50.4 Å². The minimum absolute atomic E-state index is 0.0389. The molecule has 160 valence electrons. The second-order valence-electron chi connectivity index (χ2n) is 8.11. The first kappa shape index (κ1) is 21.9. The maximum absolute atomic E-state index is 12.9. The Labute approximate surface area is 173 Å². The second kappa shape index (κ2) is 9.82. The van der Waals surface area contributed by atoms with Crippen LogP contribution in [0.1, 0.15) is 49.4 Å². The summed E-state index contributed by atoms with van der Waals surface area (Å²) in [4.78, 5) is 25.7. The molecule has 2 saturated heterocycles. The lowest BCUT2D eigenvalue weighted by molar-refractivity contribution is -0.887. The van der Waals surface area contributed by atoms with Gasteiger partial charge in [0.2, 0.25) is 15.9 Å². The van der Waals surface area contributed by atoms with Crippen LogP contribution >= 0.6 is 0 Å². The predicted molar refractivity (Wildman–Crippen MR) is 110 cm³/mol. The van der Waals surface area contributed by atoms with Crippen molar-refractivity contribution in [1.29, 1.82) is 0 Å². The fourth-order valence-electron chi connectivity index (χ4n) is 4.20. The number of hydrogen-bond acceptors (Lipinski definition) is 4. The van der Waals surface area contributed by atoms with Crippen LogP contribution in [0.25, 0.3) is 0 Å². The highest BCUT2D eigenvalue weighted by atomic mass is 32.2. The number of rotatable bonds is 8. The van der Waals surface area contributed by atoms with Gasteiger partial charge in [-0.15, -0.1) is 0 Å². The Morgan fingerprint density at radius 1 is 1.17 bits per heavy atom. The number of hydrogen-bond donors (Lipinski definition) is 2. The van der Waals surface area contributed by atoms with Crippen LogP contribution in [0.4, 0.5) is 0 Å². The molecule has 29 heavy (non-hydrogen) atoms. The van der Waals surface area contributed by atoms with E-state index in [0.717, 1.165) is 13.0 Å². The highest BCUT2D eigenvalue weighted by Gasteiger charge is 2.32. The topological polar surface area (TPSA) is 88.0 Å². The van der Waals surface area contributed by atoms with Crippen molar-refractivity contribution in [3.63, 3.8) is 0 Å². The van der Waals surface area contributed by atoms with E-state index in [2.05, 4.69) is 5.32 Å². The van der Waals surface area contributed by atoms with Crippen LogP contribution in [-0.2, 0) is 14.8 Å². The Morgan fingerprint density at radius 2 is 1.86 bits per heavy atom. The zero-order valence-electron chi connectivity index (χ0n) is 17.2. The molecule has 1 amide bonds. The van der Waals surface area contributed by atoms with Crippen molar-refractivity contribution in [1.82, 2.24) is 9.62 Å². The number of carbonyl (C=O) groups is 2. The molecule has 1 aromatic carbocycles. The van der Waals surface area contributed by atoms with Crippen molar-refractivity contribution in [2.24, 2.45) is 5.92 Å². The number of carbonyl (C=O) groups excluding carboxylic acids is 2. The van der Waals surface area contributed by atoms with E-state index in [1.807, 2.05) is 0 Å². The standard InChI is InChI=1S/C21H31N3O4S/c1-17(25)19-6-4-7-20(16-19)29(27,28)24-14-8-18(9-15-24)21(26)22-10-5-13-23-11-2-3-12-23/h4,6-7,16,18H,2-3,5,8-15H2,1H3,(H,22,26)/p+1. The fourth-order valence-corrected chi connectivity index (χ4v) is 5.72. The molecule has 0 bridgehead atoms. The molecule has 0 aliphatic carbocycles. The van der Waals surface area contributed by atoms with Crippen molar-refractivity contribution in [2.45, 2.75) is 43.9 Å². The number of benzene rings is 1. The van der Waals surface area contributed by atoms with Crippen LogP contribution in [0.15, 0.2) is 29.2 Å². The van der Waals surface area contributed by atoms with Gasteiger partial charge in [0.1, 0.15) is 0 Å². The summed E-state index contributed by atoms with van der Waals surface area (Å²) >= 11 is 0. The molecule has 8 heteroatoms. The zero-order valence-corrected chi connectivity index (χ0v) is 18.0. The first-order valence-corrected chi connectivity index (χ1v) is 12.0. The molecule has 0 atom stereocenters. The van der Waals surface area contributed by atoms with Gasteiger partial charge in [0.05, 0.1) is 24.5 Å². The smallest absolute Gasteiger partial charge is 0.243 e. The van der Waals surface area contributed by atoms with Crippen molar-refractivity contribution in [2.75, 3.05) is 39.3 Å². The van der Waals surface area contributed by atoms with Gasteiger partial charge in [0.25, 0.3) is 0 Å². The van der Waals surface area contributed by atoms with E-state index in [-0.39, 0.29) is 22.5 Å². The Balaban J connectivity index is 1.47. The minimum atomic E-state index is -3.65. The van der Waals surface area contributed by atoms with Gasteiger partial charge in [-0.3, -0.25) is 9.59 Å². The molecular weight excluding hydrogens is 390 g/mol. The van der Waals surface area contributed by atoms with Crippen molar-refractivity contribution in [3.05, 3.63) is 29.8 Å². The summed E-state index contributed by atoms with van der Waals surface area (Å²) in [6.07, 6.45) is 4.65. The van der Waals surface area contributed by atoms with Gasteiger partial charge >= 0.3 is 0 Å². The third-order valence-electron chi connectivity index (χ3n) is 6.02. The summed E-state index contributed by atoms with van der Waals surface area (Å²) in [7, 11) is -3.65. The van der Waals surface area contributed by atoms with Crippen molar-refractivity contribution in [3.8, 4) is 0 Å². The highest BCUT2D eigenvalue weighted by Crippen LogP contribution is 2.24. The van der Waals surface area contributed by atoms with Crippen LogP contribution < -0.4 is 10.2 Å². The lowest BCUT2D eigenvalue weighted by Gasteiger charge is -2.30. The summed E-state index contributed by atoms with van der Waals surface area (Å²) in [6.45, 7) is 6.36. The van der Waals surface area contributed by atoms with Gasteiger partial charge in [0.15, 0.2) is 5.78 Å². The van der Waals surface area contributed by atoms with E-state index in [1.54, 1.807) is 17.0 Å². The minimum Gasteiger partial charge on any atom is -0.356 e. The average molecular weight is 423 g/mol. The maximum Gasteiger partial charge on any atom is 0.243 e. The van der Waals surface area contributed by atoms with Crippen molar-refractivity contribution < 1.29 is 22.9 Å². The highest BCUT2D eigenvalue weighted by molar-refractivity contribution is 7.89. The van der Waals surface area contributed by atoms with Gasteiger partial charge in [-0.1, -0.05) is 12.1 Å². The summed E-state index contributed by atoms with van der Waals surface area (Å²) in [5.74, 6) is -0.259. The van der Waals surface area contributed by atoms with Crippen LogP contribution in [0.2, 0.25) is 0 Å². The zero-order chi connectivity index (χ0) is 20.9. The number of Topliss-reactive ketones (excluding diaryl/α,β-unsaturated/α-hetero) is 1. The number of likely N-dealkylation sites (tertiary alicyclic amines) is 1. The number of amides is 1. The van der Waals surface area contributed by atoms with E-state index in [0.29, 0.717) is 38.0 Å². The molecule has 0 aromatic heterocycles. The number of quaternary nitrogens is 1. The first-order chi connectivity index (χ1) is 13.9. The first-order valence-electron chi connectivity index (χ1n) is 10.6. The molecule has 2 aliphatic rings. The third kappa shape index (κ3) is 5.65. The largest absolute Gasteiger partial charge is 0.356 e. The summed E-state index contributed by atoms with van der Waals surface area (Å²) in [5, 5.41) is 3.02. The van der Waals surface area contributed by atoms with E-state index in [1.165, 1.54) is 49.3 Å². The number of nitrogens with zero attached hydrogens (tertiary/aromatic N) is 1. The normalized spacial score (nSPS) is 19.3. The lowest BCUT2D eigenvalue weighted by atomic mass is 9.97. The molecule has 7 nitrogen and oxygen atoms in total. The Morgan fingerprint density at radius 3 is 2.52 bits per heavy atom. The maximum atomic E-state index is 12.9. The molecule has 0 saturated carbocycles. The molecule has 0 spiro atoms. The molecule has 0 radical (unpaired) electrons. The molecule has 2 fully saturated rings. The summed E-state index contributed by atoms with van der Waals surface area (Å²) < 4.78 is 27.2. The Kier molecular flexibility index (Phi) is 7.43.